The maximum atomic E-state index is 12.6. The van der Waals surface area contributed by atoms with Crippen LogP contribution in [0.4, 0.5) is 11.4 Å². The van der Waals surface area contributed by atoms with Crippen LogP contribution in [0, 0.1) is 13.8 Å². The molecule has 1 saturated heterocycles. The second-order valence-electron chi connectivity index (χ2n) is 7.09. The summed E-state index contributed by atoms with van der Waals surface area (Å²) in [4.78, 5) is 36.0. The molecular weight excluding hydrogens is 354 g/mol. The summed E-state index contributed by atoms with van der Waals surface area (Å²) in [5, 5.41) is 2.69. The van der Waals surface area contributed by atoms with Crippen molar-refractivity contribution in [2.24, 2.45) is 0 Å². The predicted molar refractivity (Wildman–Crippen MR) is 109 cm³/mol. The fourth-order valence-electron chi connectivity index (χ4n) is 3.57. The average molecular weight is 377 g/mol. The van der Waals surface area contributed by atoms with Gasteiger partial charge in [-0.05, 0) is 49.2 Å². The molecule has 2 heterocycles. The number of carbonyl (C=O) groups excluding carboxylic acids is 2. The Kier molecular flexibility index (Phi) is 4.73. The Morgan fingerprint density at radius 3 is 2.64 bits per heavy atom. The first-order valence-corrected chi connectivity index (χ1v) is 9.37. The molecule has 2 N–H and O–H groups in total. The number of nitrogens with one attached hydrogen (secondary N) is 2. The fraction of sp³-hybridized carbons (Fsp3) is 0.286. The zero-order chi connectivity index (χ0) is 19.7. The molecule has 0 saturated carbocycles. The summed E-state index contributed by atoms with van der Waals surface area (Å²) < 4.78 is 0. The van der Waals surface area contributed by atoms with E-state index in [1.807, 2.05) is 0 Å². The van der Waals surface area contributed by atoms with Gasteiger partial charge in [0.25, 0.3) is 0 Å². The highest BCUT2D eigenvalue weighted by atomic mass is 16.2. The quantitative estimate of drug-likeness (QED) is 0.672. The van der Waals surface area contributed by atoms with Crippen molar-refractivity contribution >= 4 is 34.2 Å². The molecule has 0 atom stereocenters. The van der Waals surface area contributed by atoms with E-state index in [2.05, 4.69) is 52.2 Å². The summed E-state index contributed by atoms with van der Waals surface area (Å²) in [6.45, 7) is 6.70. The Bertz CT molecular complexity index is 1030. The molecule has 1 aliphatic heterocycles. The standard InChI is InChI=1S/C21H23N5O2/c1-14-4-3-5-19(15(14)2)25-8-10-26(11-9-25)21(28)20(27)24-16-6-7-17-18(12-16)23-13-22-17/h3-7,12-13H,8-11H2,1-2H3,(H,22,23)(H,24,27). The number of piperazine rings is 1. The van der Waals surface area contributed by atoms with E-state index in [0.717, 1.165) is 11.0 Å². The SMILES string of the molecule is Cc1cccc(N2CCN(C(=O)C(=O)Nc3ccc4nc[nH]c4c3)CC2)c1C. The summed E-state index contributed by atoms with van der Waals surface area (Å²) in [6.07, 6.45) is 1.59. The number of anilines is 2. The first kappa shape index (κ1) is 18.0. The average Bonchev–Trinajstić information content (AvgIpc) is 3.17. The molecule has 7 nitrogen and oxygen atoms in total. The predicted octanol–water partition coefficient (Wildman–Crippen LogP) is 2.47. The van der Waals surface area contributed by atoms with Crippen LogP contribution in [0.1, 0.15) is 11.1 Å². The van der Waals surface area contributed by atoms with Crippen molar-refractivity contribution < 1.29 is 9.59 Å². The van der Waals surface area contributed by atoms with Gasteiger partial charge in [-0.2, -0.15) is 0 Å². The highest BCUT2D eigenvalue weighted by Gasteiger charge is 2.26. The molecule has 0 unspecified atom stereocenters. The molecule has 0 bridgehead atoms. The van der Waals surface area contributed by atoms with Crippen LogP contribution < -0.4 is 10.2 Å². The van der Waals surface area contributed by atoms with Crippen LogP contribution in [-0.4, -0.2) is 52.9 Å². The normalized spacial score (nSPS) is 14.4. The second-order valence-corrected chi connectivity index (χ2v) is 7.09. The molecular formula is C21H23N5O2. The van der Waals surface area contributed by atoms with Crippen molar-refractivity contribution in [1.82, 2.24) is 14.9 Å². The lowest BCUT2D eigenvalue weighted by Crippen LogP contribution is -2.51. The number of benzene rings is 2. The molecule has 2 amide bonds. The molecule has 28 heavy (non-hydrogen) atoms. The van der Waals surface area contributed by atoms with Crippen molar-refractivity contribution in [3.8, 4) is 0 Å². The van der Waals surface area contributed by atoms with Crippen LogP contribution >= 0.6 is 0 Å². The van der Waals surface area contributed by atoms with Gasteiger partial charge >= 0.3 is 11.8 Å². The number of imidazole rings is 1. The van der Waals surface area contributed by atoms with E-state index in [9.17, 15) is 9.59 Å². The topological polar surface area (TPSA) is 81.3 Å². The van der Waals surface area contributed by atoms with Gasteiger partial charge in [-0.3, -0.25) is 9.59 Å². The summed E-state index contributed by atoms with van der Waals surface area (Å²) in [7, 11) is 0. The number of aryl methyl sites for hydroxylation is 1. The molecule has 144 valence electrons. The third-order valence-electron chi connectivity index (χ3n) is 5.36. The smallest absolute Gasteiger partial charge is 0.313 e. The first-order valence-electron chi connectivity index (χ1n) is 9.37. The number of nitrogens with zero attached hydrogens (tertiary/aromatic N) is 3. The van der Waals surface area contributed by atoms with E-state index in [1.54, 1.807) is 29.4 Å². The number of fused-ring (bicyclic) bond motifs is 1. The largest absolute Gasteiger partial charge is 0.368 e. The maximum absolute atomic E-state index is 12.6. The van der Waals surface area contributed by atoms with Gasteiger partial charge in [0.1, 0.15) is 0 Å². The van der Waals surface area contributed by atoms with Gasteiger partial charge in [0, 0.05) is 37.6 Å². The third kappa shape index (κ3) is 3.43. The summed E-state index contributed by atoms with van der Waals surface area (Å²) >= 11 is 0. The van der Waals surface area contributed by atoms with Gasteiger partial charge < -0.3 is 20.1 Å². The number of carbonyl (C=O) groups is 2. The van der Waals surface area contributed by atoms with Crippen molar-refractivity contribution in [3.05, 3.63) is 53.9 Å². The van der Waals surface area contributed by atoms with E-state index in [4.69, 9.17) is 0 Å². The van der Waals surface area contributed by atoms with Crippen molar-refractivity contribution in [2.75, 3.05) is 36.4 Å². The number of aromatic amines is 1. The molecule has 1 aliphatic rings. The summed E-state index contributed by atoms with van der Waals surface area (Å²) in [5.41, 5.74) is 5.91. The molecule has 1 fully saturated rings. The van der Waals surface area contributed by atoms with Crippen LogP contribution in [0.3, 0.4) is 0 Å². The van der Waals surface area contributed by atoms with E-state index >= 15 is 0 Å². The van der Waals surface area contributed by atoms with E-state index in [0.29, 0.717) is 31.9 Å². The second kappa shape index (κ2) is 7.34. The minimum Gasteiger partial charge on any atom is -0.368 e. The molecule has 7 heteroatoms. The Labute approximate surface area is 163 Å². The Morgan fingerprint density at radius 2 is 1.86 bits per heavy atom. The van der Waals surface area contributed by atoms with E-state index in [1.165, 1.54) is 16.8 Å². The lowest BCUT2D eigenvalue weighted by atomic mass is 10.1. The first-order chi connectivity index (χ1) is 13.5. The van der Waals surface area contributed by atoms with Gasteiger partial charge in [0.2, 0.25) is 0 Å². The van der Waals surface area contributed by atoms with Crippen molar-refractivity contribution in [2.45, 2.75) is 13.8 Å². The highest BCUT2D eigenvalue weighted by Crippen LogP contribution is 2.24. The van der Waals surface area contributed by atoms with Gasteiger partial charge in [-0.1, -0.05) is 12.1 Å². The van der Waals surface area contributed by atoms with Crippen LogP contribution in [0.25, 0.3) is 11.0 Å². The van der Waals surface area contributed by atoms with Crippen LogP contribution in [0.2, 0.25) is 0 Å². The highest BCUT2D eigenvalue weighted by molar-refractivity contribution is 6.39. The molecule has 1 aromatic heterocycles. The Morgan fingerprint density at radius 1 is 1.07 bits per heavy atom. The monoisotopic (exact) mass is 377 g/mol. The molecule has 2 aromatic carbocycles. The number of aromatic nitrogens is 2. The third-order valence-corrected chi connectivity index (χ3v) is 5.36. The Balaban J connectivity index is 1.37. The van der Waals surface area contributed by atoms with Crippen LogP contribution in [0.15, 0.2) is 42.7 Å². The number of amides is 2. The summed E-state index contributed by atoms with van der Waals surface area (Å²) in [5.74, 6) is -1.11. The van der Waals surface area contributed by atoms with Gasteiger partial charge in [0.05, 0.1) is 17.4 Å². The van der Waals surface area contributed by atoms with Gasteiger partial charge in [-0.25, -0.2) is 4.98 Å². The summed E-state index contributed by atoms with van der Waals surface area (Å²) in [6, 6.07) is 11.6. The molecule has 0 radical (unpaired) electrons. The molecule has 4 rings (SSSR count). The van der Waals surface area contributed by atoms with Gasteiger partial charge in [-0.15, -0.1) is 0 Å². The van der Waals surface area contributed by atoms with Crippen molar-refractivity contribution in [3.63, 3.8) is 0 Å². The lowest BCUT2D eigenvalue weighted by Gasteiger charge is -2.36. The lowest BCUT2D eigenvalue weighted by molar-refractivity contribution is -0.143. The number of hydrogen-bond donors (Lipinski definition) is 2. The number of H-pyrrole nitrogens is 1. The minimum atomic E-state index is -0.612. The Hall–Kier alpha value is -3.35. The number of rotatable bonds is 2. The number of hydrogen-bond acceptors (Lipinski definition) is 4. The van der Waals surface area contributed by atoms with Crippen LogP contribution in [-0.2, 0) is 9.59 Å². The van der Waals surface area contributed by atoms with E-state index < -0.39 is 11.8 Å². The zero-order valence-electron chi connectivity index (χ0n) is 16.0. The van der Waals surface area contributed by atoms with E-state index in [-0.39, 0.29) is 0 Å². The van der Waals surface area contributed by atoms with Crippen molar-refractivity contribution in [1.29, 1.82) is 0 Å². The van der Waals surface area contributed by atoms with Gasteiger partial charge in [0.15, 0.2) is 0 Å². The molecule has 3 aromatic rings. The van der Waals surface area contributed by atoms with Crippen LogP contribution in [0.5, 0.6) is 0 Å². The zero-order valence-corrected chi connectivity index (χ0v) is 16.0. The molecule has 0 aliphatic carbocycles. The molecule has 0 spiro atoms. The maximum Gasteiger partial charge on any atom is 0.313 e. The minimum absolute atomic E-state index is 0.495. The fourth-order valence-corrected chi connectivity index (χ4v) is 3.57.